The second kappa shape index (κ2) is 17.2. The molecule has 14 nitrogen and oxygen atoms in total. The minimum Gasteiger partial charge on any atom is -0.454 e. The first-order valence-electron chi connectivity index (χ1n) is 18.1. The number of rotatable bonds is 12. The third-order valence-electron chi connectivity index (χ3n) is 8.69. The predicted octanol–water partition coefficient (Wildman–Crippen LogP) is 5.04. The number of anilines is 2. The number of hydrogen-bond acceptors (Lipinski definition) is 9. The van der Waals surface area contributed by atoms with Crippen LogP contribution in [-0.4, -0.2) is 96.1 Å². The Balaban J connectivity index is 1.48. The molecular formula is C39H55N7O7. The van der Waals surface area contributed by atoms with Crippen LogP contribution in [0.3, 0.4) is 0 Å². The van der Waals surface area contributed by atoms with Crippen molar-refractivity contribution in [3.05, 3.63) is 53.9 Å². The minimum atomic E-state index is -0.945. The number of esters is 1. The molecule has 1 saturated carbocycles. The van der Waals surface area contributed by atoms with Crippen molar-refractivity contribution in [3.8, 4) is 0 Å². The van der Waals surface area contributed by atoms with Crippen LogP contribution in [0.1, 0.15) is 83.4 Å². The number of fused-ring (bicyclic) bond motifs is 1. The Morgan fingerprint density at radius 2 is 1.58 bits per heavy atom. The molecule has 1 aromatic heterocycles. The summed E-state index contributed by atoms with van der Waals surface area (Å²) < 4.78 is 10.8. The zero-order chi connectivity index (χ0) is 39.1. The fourth-order valence-corrected chi connectivity index (χ4v) is 6.05. The second-order valence-corrected chi connectivity index (χ2v) is 16.0. The fraction of sp³-hybridized carbons (Fsp3) is 0.538. The predicted molar refractivity (Wildman–Crippen MR) is 204 cm³/mol. The zero-order valence-electron chi connectivity index (χ0n) is 32.4. The third-order valence-corrected chi connectivity index (χ3v) is 8.69. The van der Waals surface area contributed by atoms with Gasteiger partial charge in [0.15, 0.2) is 0 Å². The number of imidazole rings is 1. The van der Waals surface area contributed by atoms with Crippen molar-refractivity contribution in [1.29, 1.82) is 0 Å². The van der Waals surface area contributed by atoms with Gasteiger partial charge in [0.1, 0.15) is 17.2 Å². The van der Waals surface area contributed by atoms with E-state index in [1.807, 2.05) is 59.1 Å². The molecule has 3 aromatic rings. The van der Waals surface area contributed by atoms with E-state index in [2.05, 4.69) is 25.9 Å². The van der Waals surface area contributed by atoms with Gasteiger partial charge in [-0.1, -0.05) is 12.1 Å². The largest absolute Gasteiger partial charge is 0.454 e. The number of alkyl carbamates (subject to hydrolysis) is 1. The zero-order valence-corrected chi connectivity index (χ0v) is 32.4. The highest BCUT2D eigenvalue weighted by atomic mass is 16.6. The van der Waals surface area contributed by atoms with Crippen LogP contribution < -0.4 is 20.9 Å². The quantitative estimate of drug-likeness (QED) is 0.186. The highest BCUT2D eigenvalue weighted by Crippen LogP contribution is 2.29. The Morgan fingerprint density at radius 1 is 0.906 bits per heavy atom. The number of carbonyl (C=O) groups excluding carboxylic acids is 5. The van der Waals surface area contributed by atoms with Crippen LogP contribution in [0.5, 0.6) is 0 Å². The van der Waals surface area contributed by atoms with E-state index < -0.39 is 35.2 Å². The summed E-state index contributed by atoms with van der Waals surface area (Å²) in [6.45, 7) is 11.5. The number of nitrogens with zero attached hydrogens (tertiary/aromatic N) is 3. The first kappa shape index (κ1) is 40.8. The average Bonchev–Trinajstić information content (AvgIpc) is 3.49. The molecule has 53 heavy (non-hydrogen) atoms. The lowest BCUT2D eigenvalue weighted by molar-refractivity contribution is -0.130. The highest BCUT2D eigenvalue weighted by Gasteiger charge is 2.31. The molecular weight excluding hydrogens is 678 g/mol. The van der Waals surface area contributed by atoms with Crippen LogP contribution in [0.4, 0.5) is 16.2 Å². The van der Waals surface area contributed by atoms with Crippen molar-refractivity contribution in [2.75, 3.05) is 44.4 Å². The molecule has 1 heterocycles. The number of ether oxygens (including phenoxy) is 2. The van der Waals surface area contributed by atoms with Crippen LogP contribution in [0.2, 0.25) is 0 Å². The van der Waals surface area contributed by atoms with Gasteiger partial charge in [0, 0.05) is 37.3 Å². The van der Waals surface area contributed by atoms with Crippen LogP contribution in [0, 0.1) is 11.8 Å². The molecule has 0 bridgehead atoms. The van der Waals surface area contributed by atoms with E-state index in [1.54, 1.807) is 55.8 Å². The van der Waals surface area contributed by atoms with E-state index >= 15 is 0 Å². The van der Waals surface area contributed by atoms with Crippen LogP contribution >= 0.6 is 0 Å². The molecule has 14 heteroatoms. The number of nitrogens with one attached hydrogen (secondary N) is 4. The summed E-state index contributed by atoms with van der Waals surface area (Å²) in [6.07, 6.45) is 2.43. The molecule has 288 valence electrons. The molecule has 2 aromatic carbocycles. The molecule has 4 amide bonds. The molecule has 1 atom stereocenters. The summed E-state index contributed by atoms with van der Waals surface area (Å²) >= 11 is 0. The fourth-order valence-electron chi connectivity index (χ4n) is 6.05. The number of likely N-dealkylation sites (N-methyl/N-ethyl adjacent to an activating group) is 2. The number of aromatic nitrogens is 2. The number of hydrogen-bond donors (Lipinski definition) is 4. The molecule has 1 aliphatic rings. The number of amides is 4. The van der Waals surface area contributed by atoms with E-state index in [1.165, 1.54) is 0 Å². The topological polar surface area (TPSA) is 175 Å². The van der Waals surface area contributed by atoms with Crippen LogP contribution in [-0.2, 0) is 30.3 Å². The van der Waals surface area contributed by atoms with Gasteiger partial charge in [-0.3, -0.25) is 14.4 Å². The van der Waals surface area contributed by atoms with Crippen molar-refractivity contribution in [2.45, 2.75) is 90.9 Å². The van der Waals surface area contributed by atoms with Crippen molar-refractivity contribution < 1.29 is 33.4 Å². The van der Waals surface area contributed by atoms with Gasteiger partial charge >= 0.3 is 12.1 Å². The number of H-pyrrole nitrogens is 1. The summed E-state index contributed by atoms with van der Waals surface area (Å²) in [7, 11) is 5.35. The monoisotopic (exact) mass is 733 g/mol. The van der Waals surface area contributed by atoms with Crippen molar-refractivity contribution in [2.24, 2.45) is 11.8 Å². The van der Waals surface area contributed by atoms with Gasteiger partial charge in [0.2, 0.25) is 23.5 Å². The number of aromatic amines is 1. The molecule has 0 aliphatic heterocycles. The molecule has 1 aliphatic carbocycles. The van der Waals surface area contributed by atoms with E-state index in [0.717, 1.165) is 18.4 Å². The highest BCUT2D eigenvalue weighted by molar-refractivity contribution is 5.99. The molecule has 4 rings (SSSR count). The van der Waals surface area contributed by atoms with Crippen molar-refractivity contribution >= 4 is 52.2 Å². The van der Waals surface area contributed by atoms with Crippen molar-refractivity contribution in [3.63, 3.8) is 0 Å². The van der Waals surface area contributed by atoms with Gasteiger partial charge < -0.3 is 40.2 Å². The maximum absolute atomic E-state index is 13.9. The van der Waals surface area contributed by atoms with Crippen LogP contribution in [0.15, 0.2) is 42.5 Å². The summed E-state index contributed by atoms with van der Waals surface area (Å²) in [5.74, 6) is -1.36. The normalized spacial score (nSPS) is 16.8. The Hall–Kier alpha value is -4.98. The summed E-state index contributed by atoms with van der Waals surface area (Å²) in [5.41, 5.74) is 1.64. The SMILES string of the molecule is CN(C)CC(=O)N(C)c1cccc(C[C@H](NC(=O)C2CCC(CNC(=O)OC(C)(C)C)CC2)C(=O)Nc2ccc3[nH]c(C(=O)OC(C)(C)C)nc3c2)c1. The van der Waals surface area contributed by atoms with Crippen LogP contribution in [0.25, 0.3) is 11.0 Å². The lowest BCUT2D eigenvalue weighted by atomic mass is 9.81. The van der Waals surface area contributed by atoms with Crippen molar-refractivity contribution in [1.82, 2.24) is 25.5 Å². The number of carbonyl (C=O) groups is 5. The van der Waals surface area contributed by atoms with E-state index in [9.17, 15) is 24.0 Å². The smallest absolute Gasteiger partial charge is 0.407 e. The molecule has 0 radical (unpaired) electrons. The first-order chi connectivity index (χ1) is 24.8. The Bertz CT molecular complexity index is 1780. The summed E-state index contributed by atoms with van der Waals surface area (Å²) in [6, 6.07) is 11.4. The maximum atomic E-state index is 13.9. The first-order valence-corrected chi connectivity index (χ1v) is 18.1. The van der Waals surface area contributed by atoms with Gasteiger partial charge in [0.25, 0.3) is 0 Å². The summed E-state index contributed by atoms with van der Waals surface area (Å²) in [5, 5.41) is 8.77. The second-order valence-electron chi connectivity index (χ2n) is 16.0. The van der Waals surface area contributed by atoms with Gasteiger partial charge in [-0.15, -0.1) is 0 Å². The van der Waals surface area contributed by atoms with Gasteiger partial charge in [-0.25, -0.2) is 14.6 Å². The Morgan fingerprint density at radius 3 is 2.23 bits per heavy atom. The lowest BCUT2D eigenvalue weighted by Crippen LogP contribution is -2.48. The molecule has 0 unspecified atom stereocenters. The lowest BCUT2D eigenvalue weighted by Gasteiger charge is -2.29. The minimum absolute atomic E-state index is 0.0489. The number of benzene rings is 2. The van der Waals surface area contributed by atoms with Gasteiger partial charge in [-0.05, 0) is 123 Å². The van der Waals surface area contributed by atoms with Gasteiger partial charge in [-0.2, -0.15) is 0 Å². The average molecular weight is 734 g/mol. The maximum Gasteiger partial charge on any atom is 0.407 e. The molecule has 0 spiro atoms. The van der Waals surface area contributed by atoms with Gasteiger partial charge in [0.05, 0.1) is 17.6 Å². The molecule has 1 fully saturated rings. The standard InChI is InChI=1S/C39H55N7O7/c1-38(2,3)52-36(50)33-42-29-18-17-27(21-30(29)43-33)41-35(49)31(20-25-11-10-12-28(19-25)46(9)32(47)23-45(7)8)44-34(48)26-15-13-24(14-16-26)22-40-37(51)53-39(4,5)6/h10-12,17-19,21,24,26,31H,13-16,20,22-23H2,1-9H3,(H,40,51)(H,41,49)(H,42,43)(H,44,48)/t24?,26?,31-/m0/s1. The van der Waals surface area contributed by atoms with E-state index in [0.29, 0.717) is 41.8 Å². The third kappa shape index (κ3) is 12.6. The molecule has 4 N–H and O–H groups in total. The molecule has 0 saturated heterocycles. The summed E-state index contributed by atoms with van der Waals surface area (Å²) in [4.78, 5) is 75.8. The Labute approximate surface area is 311 Å². The Kier molecular flexibility index (Phi) is 13.3. The van der Waals surface area contributed by atoms with E-state index in [-0.39, 0.29) is 42.4 Å². The van der Waals surface area contributed by atoms with E-state index in [4.69, 9.17) is 9.47 Å².